The van der Waals surface area contributed by atoms with E-state index in [1.807, 2.05) is 0 Å². The number of carboxylic acid groups (broad SMARTS) is 1. The topological polar surface area (TPSA) is 76.2 Å². The summed E-state index contributed by atoms with van der Waals surface area (Å²) in [5, 5.41) is 12.2. The van der Waals surface area contributed by atoms with Crippen LogP contribution in [0.4, 0.5) is 0 Å². The lowest BCUT2D eigenvalue weighted by Crippen LogP contribution is -2.00. The highest BCUT2D eigenvalue weighted by molar-refractivity contribution is 5.68. The van der Waals surface area contributed by atoms with Crippen molar-refractivity contribution in [2.45, 2.75) is 25.7 Å². The standard InChI is InChI=1S/C8H10N2O3/c1-4-2-5(4)8-9-6(13-10-8)3-7(11)12/h4-5H,2-3H2,1H3,(H,11,12)/t4-,5-/m0/s1. The van der Waals surface area contributed by atoms with Gasteiger partial charge in [-0.1, -0.05) is 12.1 Å². The van der Waals surface area contributed by atoms with Gasteiger partial charge in [-0.2, -0.15) is 4.98 Å². The van der Waals surface area contributed by atoms with Gasteiger partial charge >= 0.3 is 5.97 Å². The van der Waals surface area contributed by atoms with Gasteiger partial charge in [0.05, 0.1) is 0 Å². The molecule has 1 aliphatic carbocycles. The average molecular weight is 182 g/mol. The second-order valence-corrected chi connectivity index (χ2v) is 3.44. The molecule has 1 fully saturated rings. The molecule has 0 aliphatic heterocycles. The van der Waals surface area contributed by atoms with Crippen LogP contribution >= 0.6 is 0 Å². The normalized spacial score (nSPS) is 25.9. The Bertz CT molecular complexity index is 334. The van der Waals surface area contributed by atoms with Crippen molar-refractivity contribution in [3.05, 3.63) is 11.7 Å². The van der Waals surface area contributed by atoms with Crippen molar-refractivity contribution in [1.29, 1.82) is 0 Å². The van der Waals surface area contributed by atoms with E-state index in [1.54, 1.807) is 0 Å². The maximum Gasteiger partial charge on any atom is 0.312 e. The van der Waals surface area contributed by atoms with Gasteiger partial charge in [-0.15, -0.1) is 0 Å². The number of nitrogens with zero attached hydrogens (tertiary/aromatic N) is 2. The van der Waals surface area contributed by atoms with Gasteiger partial charge in [0, 0.05) is 5.92 Å². The summed E-state index contributed by atoms with van der Waals surface area (Å²) >= 11 is 0. The fraction of sp³-hybridized carbons (Fsp3) is 0.625. The fourth-order valence-electron chi connectivity index (χ4n) is 1.30. The van der Waals surface area contributed by atoms with Crippen molar-refractivity contribution >= 4 is 5.97 Å². The van der Waals surface area contributed by atoms with Crippen molar-refractivity contribution in [3.63, 3.8) is 0 Å². The Morgan fingerprint density at radius 3 is 3.00 bits per heavy atom. The van der Waals surface area contributed by atoms with Crippen molar-refractivity contribution in [2.75, 3.05) is 0 Å². The zero-order valence-corrected chi connectivity index (χ0v) is 7.23. The minimum absolute atomic E-state index is 0.186. The second-order valence-electron chi connectivity index (χ2n) is 3.44. The van der Waals surface area contributed by atoms with Crippen LogP contribution in [-0.4, -0.2) is 21.2 Å². The zero-order valence-electron chi connectivity index (χ0n) is 7.23. The van der Waals surface area contributed by atoms with Crippen LogP contribution < -0.4 is 0 Å². The van der Waals surface area contributed by atoms with E-state index in [0.29, 0.717) is 17.7 Å². The number of hydrogen-bond acceptors (Lipinski definition) is 4. The summed E-state index contributed by atoms with van der Waals surface area (Å²) in [4.78, 5) is 14.3. The van der Waals surface area contributed by atoms with Gasteiger partial charge in [-0.25, -0.2) is 0 Å². The monoisotopic (exact) mass is 182 g/mol. The van der Waals surface area contributed by atoms with E-state index in [4.69, 9.17) is 9.63 Å². The molecule has 0 radical (unpaired) electrons. The molecule has 0 aromatic carbocycles. The van der Waals surface area contributed by atoms with Gasteiger partial charge in [-0.3, -0.25) is 4.79 Å². The SMILES string of the molecule is C[C@H]1C[C@@H]1c1noc(CC(=O)O)n1. The van der Waals surface area contributed by atoms with Crippen LogP contribution in [0.15, 0.2) is 4.52 Å². The van der Waals surface area contributed by atoms with E-state index < -0.39 is 5.97 Å². The van der Waals surface area contributed by atoms with Gasteiger partial charge < -0.3 is 9.63 Å². The van der Waals surface area contributed by atoms with E-state index in [0.717, 1.165) is 6.42 Å². The smallest absolute Gasteiger partial charge is 0.312 e. The van der Waals surface area contributed by atoms with E-state index in [1.165, 1.54) is 0 Å². The minimum atomic E-state index is -0.945. The quantitative estimate of drug-likeness (QED) is 0.748. The van der Waals surface area contributed by atoms with E-state index in [9.17, 15) is 4.79 Å². The predicted octanol–water partition coefficient (Wildman–Crippen LogP) is 0.820. The first-order valence-corrected chi connectivity index (χ1v) is 4.21. The molecule has 0 bridgehead atoms. The number of carbonyl (C=O) groups is 1. The third-order valence-electron chi connectivity index (χ3n) is 2.23. The lowest BCUT2D eigenvalue weighted by Gasteiger charge is -1.84. The molecule has 0 amide bonds. The third kappa shape index (κ3) is 1.68. The Kier molecular flexibility index (Phi) is 1.79. The van der Waals surface area contributed by atoms with Gasteiger partial charge in [0.25, 0.3) is 0 Å². The summed E-state index contributed by atoms with van der Waals surface area (Å²) in [6, 6.07) is 0. The van der Waals surface area contributed by atoms with Crippen LogP contribution in [-0.2, 0) is 11.2 Å². The first-order valence-electron chi connectivity index (χ1n) is 4.21. The van der Waals surface area contributed by atoms with Gasteiger partial charge in [0.2, 0.25) is 5.89 Å². The Morgan fingerprint density at radius 2 is 2.46 bits per heavy atom. The third-order valence-corrected chi connectivity index (χ3v) is 2.23. The molecule has 5 heteroatoms. The van der Waals surface area contributed by atoms with Crippen LogP contribution in [0.5, 0.6) is 0 Å². The summed E-state index contributed by atoms with van der Waals surface area (Å²) in [5.41, 5.74) is 0. The van der Waals surface area contributed by atoms with Crippen LogP contribution in [0.1, 0.15) is 31.0 Å². The molecule has 0 unspecified atom stereocenters. The number of aliphatic carboxylic acids is 1. The molecule has 1 aliphatic rings. The second kappa shape index (κ2) is 2.83. The number of hydrogen-bond donors (Lipinski definition) is 1. The van der Waals surface area contributed by atoms with Gasteiger partial charge in [-0.05, 0) is 12.3 Å². The van der Waals surface area contributed by atoms with Crippen molar-refractivity contribution < 1.29 is 14.4 Å². The van der Waals surface area contributed by atoms with Crippen molar-refractivity contribution in [3.8, 4) is 0 Å². The fourth-order valence-corrected chi connectivity index (χ4v) is 1.30. The first-order chi connectivity index (χ1) is 6.16. The molecule has 1 saturated carbocycles. The number of rotatable bonds is 3. The molecule has 1 heterocycles. The Labute approximate surface area is 74.8 Å². The molecule has 1 aromatic rings. The summed E-state index contributed by atoms with van der Waals surface area (Å²) in [6.45, 7) is 2.11. The number of carboxylic acids is 1. The molecule has 1 N–H and O–H groups in total. The Balaban J connectivity index is 2.05. The first kappa shape index (κ1) is 8.22. The summed E-state index contributed by atoms with van der Waals surface area (Å²) in [6.07, 6.45) is 0.889. The highest BCUT2D eigenvalue weighted by atomic mass is 16.5. The van der Waals surface area contributed by atoms with E-state index in [2.05, 4.69) is 17.1 Å². The molecule has 2 rings (SSSR count). The van der Waals surface area contributed by atoms with Crippen molar-refractivity contribution in [2.24, 2.45) is 5.92 Å². The van der Waals surface area contributed by atoms with Gasteiger partial charge in [0.15, 0.2) is 5.82 Å². The summed E-state index contributed by atoms with van der Waals surface area (Å²) in [5.74, 6) is 0.894. The predicted molar refractivity (Wildman–Crippen MR) is 42.2 cm³/mol. The molecular formula is C8H10N2O3. The van der Waals surface area contributed by atoms with Crippen LogP contribution in [0.25, 0.3) is 0 Å². The molecule has 2 atom stereocenters. The average Bonchev–Trinajstić information content (AvgIpc) is 2.60. The summed E-state index contributed by atoms with van der Waals surface area (Å²) < 4.78 is 4.78. The van der Waals surface area contributed by atoms with Crippen LogP contribution in [0.3, 0.4) is 0 Å². The largest absolute Gasteiger partial charge is 0.481 e. The Hall–Kier alpha value is -1.39. The molecule has 0 spiro atoms. The van der Waals surface area contributed by atoms with Gasteiger partial charge in [0.1, 0.15) is 6.42 Å². The van der Waals surface area contributed by atoms with E-state index >= 15 is 0 Å². The minimum Gasteiger partial charge on any atom is -0.481 e. The molecular weight excluding hydrogens is 172 g/mol. The highest BCUT2D eigenvalue weighted by Crippen LogP contribution is 2.45. The zero-order chi connectivity index (χ0) is 9.42. The molecule has 13 heavy (non-hydrogen) atoms. The van der Waals surface area contributed by atoms with Crippen LogP contribution in [0.2, 0.25) is 0 Å². The number of aromatic nitrogens is 2. The molecule has 70 valence electrons. The lowest BCUT2D eigenvalue weighted by atomic mass is 10.3. The van der Waals surface area contributed by atoms with Crippen molar-refractivity contribution in [1.82, 2.24) is 10.1 Å². The maximum atomic E-state index is 10.3. The lowest BCUT2D eigenvalue weighted by molar-refractivity contribution is -0.136. The Morgan fingerprint density at radius 1 is 1.77 bits per heavy atom. The maximum absolute atomic E-state index is 10.3. The van der Waals surface area contributed by atoms with Crippen LogP contribution in [0, 0.1) is 5.92 Å². The summed E-state index contributed by atoms with van der Waals surface area (Å²) in [7, 11) is 0. The molecule has 5 nitrogen and oxygen atoms in total. The molecule has 0 saturated heterocycles. The highest BCUT2D eigenvalue weighted by Gasteiger charge is 2.38. The van der Waals surface area contributed by atoms with E-state index in [-0.39, 0.29) is 12.3 Å². The molecule has 1 aromatic heterocycles.